The molecule has 0 heterocycles. The Labute approximate surface area is 197 Å². The Morgan fingerprint density at radius 2 is 1.67 bits per heavy atom. The van der Waals surface area contributed by atoms with E-state index in [1.165, 1.54) is 22.9 Å². The molecule has 2 aliphatic carbocycles. The summed E-state index contributed by atoms with van der Waals surface area (Å²) in [6.45, 7) is 0.648. The lowest BCUT2D eigenvalue weighted by atomic mass is 9.98. The maximum absolute atomic E-state index is 12.6. The predicted molar refractivity (Wildman–Crippen MR) is 127 cm³/mol. The Morgan fingerprint density at radius 3 is 2.33 bits per heavy atom. The van der Waals surface area contributed by atoms with Crippen LogP contribution in [-0.4, -0.2) is 53.8 Å². The zero-order valence-corrected chi connectivity index (χ0v) is 19.1. The first-order chi connectivity index (χ1) is 16.0. The number of carbonyl (C=O) groups excluding carboxylic acids is 2. The van der Waals surface area contributed by atoms with Crippen LogP contribution < -0.4 is 10.6 Å². The van der Waals surface area contributed by atoms with Crippen LogP contribution in [-0.2, 0) is 14.3 Å². The van der Waals surface area contributed by atoms with Crippen LogP contribution in [0.3, 0.4) is 0 Å². The van der Waals surface area contributed by atoms with E-state index in [1.807, 2.05) is 24.3 Å². The van der Waals surface area contributed by atoms with Gasteiger partial charge in [-0.05, 0) is 35.1 Å². The number of rotatable bonds is 9. The average Bonchev–Trinajstić information content (AvgIpc) is 3.39. The first-order valence-electron chi connectivity index (χ1n) is 11.2. The number of carboxylic acids is 1. The lowest BCUT2D eigenvalue weighted by Crippen LogP contribution is -2.44. The van der Waals surface area contributed by atoms with Gasteiger partial charge < -0.3 is 20.5 Å². The molecule has 0 unspecified atom stereocenters. The molecule has 1 saturated carbocycles. The van der Waals surface area contributed by atoms with Crippen LogP contribution in [0.4, 0.5) is 4.79 Å². The van der Waals surface area contributed by atoms with Crippen molar-refractivity contribution in [1.29, 1.82) is 0 Å². The lowest BCUT2D eigenvalue weighted by molar-refractivity contribution is -0.134. The van der Waals surface area contributed by atoms with E-state index >= 15 is 0 Å². The van der Waals surface area contributed by atoms with Crippen molar-refractivity contribution >= 4 is 29.7 Å². The molecular weight excluding hydrogens is 440 g/mol. The topological polar surface area (TPSA) is 105 Å². The summed E-state index contributed by atoms with van der Waals surface area (Å²) in [5.41, 5.74) is 4.67. The van der Waals surface area contributed by atoms with Crippen LogP contribution in [0.1, 0.15) is 36.3 Å². The minimum Gasteiger partial charge on any atom is -0.481 e. The number of fused-ring (bicyclic) bond motifs is 3. The monoisotopic (exact) mass is 468 g/mol. The van der Waals surface area contributed by atoms with Gasteiger partial charge in [-0.15, -0.1) is 11.8 Å². The maximum Gasteiger partial charge on any atom is 0.407 e. The summed E-state index contributed by atoms with van der Waals surface area (Å²) in [5.74, 6) is -0.716. The van der Waals surface area contributed by atoms with Crippen molar-refractivity contribution < 1.29 is 24.2 Å². The summed E-state index contributed by atoms with van der Waals surface area (Å²) in [7, 11) is 0. The third-order valence-electron chi connectivity index (χ3n) is 6.27. The summed E-state index contributed by atoms with van der Waals surface area (Å²) < 4.78 is 5.62. The molecule has 4 rings (SSSR count). The van der Waals surface area contributed by atoms with Gasteiger partial charge in [0.15, 0.2) is 0 Å². The van der Waals surface area contributed by atoms with Crippen LogP contribution in [0, 0.1) is 5.92 Å². The summed E-state index contributed by atoms with van der Waals surface area (Å²) in [5, 5.41) is 14.4. The molecule has 8 heteroatoms. The minimum absolute atomic E-state index is 0.00544. The molecule has 2 atom stereocenters. The SMILES string of the molecule is O=C(O)CSCCNC(=O)[C@@H]1CCC[C@@H]1NC(=O)OCC1c2ccccc2-c2ccccc21. The zero-order chi connectivity index (χ0) is 23.2. The summed E-state index contributed by atoms with van der Waals surface area (Å²) >= 11 is 1.26. The average molecular weight is 469 g/mol. The molecule has 0 radical (unpaired) electrons. The molecule has 0 aromatic heterocycles. The summed E-state index contributed by atoms with van der Waals surface area (Å²) in [4.78, 5) is 35.7. The van der Waals surface area contributed by atoms with Crippen molar-refractivity contribution in [3.05, 3.63) is 59.7 Å². The fourth-order valence-electron chi connectivity index (χ4n) is 4.78. The third kappa shape index (κ3) is 5.50. The van der Waals surface area contributed by atoms with Gasteiger partial charge in [0.1, 0.15) is 6.61 Å². The van der Waals surface area contributed by atoms with Gasteiger partial charge in [-0.2, -0.15) is 0 Å². The summed E-state index contributed by atoms with van der Waals surface area (Å²) in [6.07, 6.45) is 1.80. The zero-order valence-electron chi connectivity index (χ0n) is 18.3. The molecule has 2 aromatic carbocycles. The van der Waals surface area contributed by atoms with Crippen molar-refractivity contribution in [3.8, 4) is 11.1 Å². The highest BCUT2D eigenvalue weighted by atomic mass is 32.2. The van der Waals surface area contributed by atoms with Gasteiger partial charge >= 0.3 is 12.1 Å². The van der Waals surface area contributed by atoms with E-state index in [4.69, 9.17) is 9.84 Å². The van der Waals surface area contributed by atoms with Crippen molar-refractivity contribution in [3.63, 3.8) is 0 Å². The number of thioether (sulfide) groups is 1. The van der Waals surface area contributed by atoms with E-state index < -0.39 is 12.1 Å². The first-order valence-corrected chi connectivity index (χ1v) is 12.4. The quantitative estimate of drug-likeness (QED) is 0.486. The van der Waals surface area contributed by atoms with E-state index in [0.29, 0.717) is 18.7 Å². The van der Waals surface area contributed by atoms with Gasteiger partial charge in [0.05, 0.1) is 11.7 Å². The molecule has 2 aliphatic rings. The number of carboxylic acid groups (broad SMARTS) is 1. The fraction of sp³-hybridized carbons (Fsp3) is 0.400. The Morgan fingerprint density at radius 1 is 1.00 bits per heavy atom. The molecule has 3 N–H and O–H groups in total. The number of ether oxygens (including phenoxy) is 1. The highest BCUT2D eigenvalue weighted by Crippen LogP contribution is 2.44. The molecule has 33 heavy (non-hydrogen) atoms. The Hall–Kier alpha value is -3.00. The Bertz CT molecular complexity index is 982. The van der Waals surface area contributed by atoms with Crippen LogP contribution in [0.25, 0.3) is 11.1 Å². The second kappa shape index (κ2) is 10.7. The predicted octanol–water partition coefficient (Wildman–Crippen LogP) is 3.63. The number of nitrogens with one attached hydrogen (secondary N) is 2. The maximum atomic E-state index is 12.6. The molecule has 1 fully saturated rings. The number of aliphatic carboxylic acids is 1. The first kappa shape index (κ1) is 23.2. The van der Waals surface area contributed by atoms with Gasteiger partial charge in [0.2, 0.25) is 5.91 Å². The molecule has 2 amide bonds. The second-order valence-corrected chi connectivity index (χ2v) is 9.46. The number of hydrogen-bond acceptors (Lipinski definition) is 5. The van der Waals surface area contributed by atoms with E-state index in [1.54, 1.807) is 0 Å². The van der Waals surface area contributed by atoms with Crippen molar-refractivity contribution in [2.45, 2.75) is 31.2 Å². The van der Waals surface area contributed by atoms with E-state index in [0.717, 1.165) is 24.0 Å². The molecule has 0 saturated heterocycles. The molecule has 174 valence electrons. The Kier molecular flexibility index (Phi) is 7.54. The molecule has 0 aliphatic heterocycles. The molecule has 2 aromatic rings. The normalized spacial score (nSPS) is 18.9. The van der Waals surface area contributed by atoms with Crippen LogP contribution >= 0.6 is 11.8 Å². The smallest absolute Gasteiger partial charge is 0.407 e. The van der Waals surface area contributed by atoms with Gasteiger partial charge in [0.25, 0.3) is 0 Å². The van der Waals surface area contributed by atoms with Crippen LogP contribution in [0.2, 0.25) is 0 Å². The highest BCUT2D eigenvalue weighted by Gasteiger charge is 2.35. The lowest BCUT2D eigenvalue weighted by Gasteiger charge is -2.21. The van der Waals surface area contributed by atoms with Gasteiger partial charge in [-0.1, -0.05) is 55.0 Å². The van der Waals surface area contributed by atoms with Gasteiger partial charge in [0, 0.05) is 24.3 Å². The van der Waals surface area contributed by atoms with Crippen LogP contribution in [0.5, 0.6) is 0 Å². The van der Waals surface area contributed by atoms with Gasteiger partial charge in [-0.25, -0.2) is 4.79 Å². The fourth-order valence-corrected chi connectivity index (χ4v) is 5.34. The number of carbonyl (C=O) groups is 3. The van der Waals surface area contributed by atoms with Crippen molar-refractivity contribution in [2.75, 3.05) is 24.7 Å². The van der Waals surface area contributed by atoms with Crippen molar-refractivity contribution in [2.24, 2.45) is 5.92 Å². The minimum atomic E-state index is -0.866. The van der Waals surface area contributed by atoms with E-state index in [-0.39, 0.29) is 36.1 Å². The largest absolute Gasteiger partial charge is 0.481 e. The number of amides is 2. The molecule has 0 bridgehead atoms. The Balaban J connectivity index is 1.28. The van der Waals surface area contributed by atoms with E-state index in [9.17, 15) is 14.4 Å². The molecule has 7 nitrogen and oxygen atoms in total. The second-order valence-electron chi connectivity index (χ2n) is 8.35. The van der Waals surface area contributed by atoms with Crippen LogP contribution in [0.15, 0.2) is 48.5 Å². The number of alkyl carbamates (subject to hydrolysis) is 1. The standard InChI is InChI=1S/C25H28N2O5S/c28-23(29)15-33-13-12-26-24(30)20-10-5-11-22(20)27-25(31)32-14-21-18-8-3-1-6-16(18)17-7-2-4-9-19(17)21/h1-4,6-9,20-22H,5,10-15H2,(H,26,30)(H,27,31)(H,28,29)/t20-,22+/m1/s1. The molecule has 0 spiro atoms. The van der Waals surface area contributed by atoms with Crippen molar-refractivity contribution in [1.82, 2.24) is 10.6 Å². The highest BCUT2D eigenvalue weighted by molar-refractivity contribution is 7.99. The number of benzene rings is 2. The molecular formula is C25H28N2O5S. The summed E-state index contributed by atoms with van der Waals surface area (Å²) in [6, 6.07) is 16.1. The number of hydrogen-bond donors (Lipinski definition) is 3. The van der Waals surface area contributed by atoms with E-state index in [2.05, 4.69) is 34.9 Å². The van der Waals surface area contributed by atoms with Gasteiger partial charge in [-0.3, -0.25) is 9.59 Å². The third-order valence-corrected chi connectivity index (χ3v) is 7.21.